The summed E-state index contributed by atoms with van der Waals surface area (Å²) < 4.78 is 20.1. The Morgan fingerprint density at radius 3 is 2.69 bits per heavy atom. The number of halogens is 1. The maximum Gasteiger partial charge on any atom is 0.291 e. The fraction of sp³-hybridized carbons (Fsp3) is 0.227. The molecule has 9 nitrogen and oxygen atoms in total. The van der Waals surface area contributed by atoms with Gasteiger partial charge in [-0.2, -0.15) is 10.2 Å². The van der Waals surface area contributed by atoms with Gasteiger partial charge in [0, 0.05) is 6.20 Å². The Kier molecular flexibility index (Phi) is 6.18. The van der Waals surface area contributed by atoms with E-state index in [1.54, 1.807) is 47.1 Å². The monoisotopic (exact) mass is 455 g/mol. The molecule has 0 saturated heterocycles. The maximum absolute atomic E-state index is 12.7. The van der Waals surface area contributed by atoms with E-state index in [2.05, 4.69) is 15.5 Å². The Hall–Kier alpha value is -3.72. The number of carbonyl (C=O) groups is 1. The number of anilines is 1. The van der Waals surface area contributed by atoms with Crippen LogP contribution >= 0.6 is 11.6 Å². The predicted octanol–water partition coefficient (Wildman–Crippen LogP) is 4.29. The van der Waals surface area contributed by atoms with Gasteiger partial charge < -0.3 is 19.2 Å². The number of amides is 1. The van der Waals surface area contributed by atoms with Crippen LogP contribution in [0.2, 0.25) is 5.02 Å². The number of para-hydroxylation sites is 2. The van der Waals surface area contributed by atoms with Crippen molar-refractivity contribution in [1.29, 1.82) is 0 Å². The minimum Gasteiger partial charge on any atom is -0.493 e. The normalized spacial score (nSPS) is 10.9. The fourth-order valence-electron chi connectivity index (χ4n) is 3.21. The van der Waals surface area contributed by atoms with E-state index in [-0.39, 0.29) is 18.3 Å². The van der Waals surface area contributed by atoms with E-state index < -0.39 is 0 Å². The first-order valence-electron chi connectivity index (χ1n) is 9.82. The number of hydrogen-bond acceptors (Lipinski definition) is 6. The van der Waals surface area contributed by atoms with Gasteiger partial charge in [-0.1, -0.05) is 23.7 Å². The van der Waals surface area contributed by atoms with Crippen LogP contribution in [0.15, 0.2) is 53.2 Å². The molecule has 1 amide bonds. The molecule has 1 N–H and O–H groups in total. The van der Waals surface area contributed by atoms with Crippen molar-refractivity contribution in [3.63, 3.8) is 0 Å². The summed E-state index contributed by atoms with van der Waals surface area (Å²) in [5.41, 5.74) is 2.09. The molecule has 1 aromatic carbocycles. The number of nitrogens with zero attached hydrogens (tertiary/aromatic N) is 4. The molecule has 4 rings (SSSR count). The summed E-state index contributed by atoms with van der Waals surface area (Å²) in [5.74, 6) is 1.53. The molecule has 3 heterocycles. The molecule has 166 valence electrons. The number of aryl methyl sites for hydroxylation is 1. The number of nitrogens with one attached hydrogen (secondary N) is 1. The van der Waals surface area contributed by atoms with Crippen molar-refractivity contribution < 1.29 is 18.7 Å². The predicted molar refractivity (Wildman–Crippen MR) is 118 cm³/mol. The second-order valence-electron chi connectivity index (χ2n) is 7.04. The van der Waals surface area contributed by atoms with E-state index in [0.29, 0.717) is 40.3 Å². The zero-order chi connectivity index (χ0) is 22.7. The summed E-state index contributed by atoms with van der Waals surface area (Å²) >= 11 is 5.92. The lowest BCUT2D eigenvalue weighted by molar-refractivity contribution is 0.0992. The van der Waals surface area contributed by atoms with Gasteiger partial charge in [0.1, 0.15) is 19.0 Å². The SMILES string of the molecule is COc1ccccc1OCc1ccc(C(=O)Nc2c(C)nn(Cn3cc(Cl)cn3)c2C)o1. The van der Waals surface area contributed by atoms with Gasteiger partial charge in [0.2, 0.25) is 0 Å². The standard InChI is InChI=1S/C22H22ClN5O4/c1-14-21(15(2)28(26-14)13-27-11-16(23)10-24-27)25-22(29)20-9-8-17(32-20)12-31-19-7-5-4-6-18(19)30-3/h4-11H,12-13H2,1-3H3,(H,25,29). The van der Waals surface area contributed by atoms with E-state index in [0.717, 1.165) is 5.69 Å². The van der Waals surface area contributed by atoms with Crippen molar-refractivity contribution in [2.45, 2.75) is 27.1 Å². The zero-order valence-corrected chi connectivity index (χ0v) is 18.6. The molecule has 0 saturated carbocycles. The summed E-state index contributed by atoms with van der Waals surface area (Å²) in [6, 6.07) is 10.6. The number of carbonyl (C=O) groups excluding carboxylic acids is 1. The molecule has 0 spiro atoms. The molecule has 32 heavy (non-hydrogen) atoms. The second-order valence-corrected chi connectivity index (χ2v) is 7.48. The first-order valence-corrected chi connectivity index (χ1v) is 10.2. The van der Waals surface area contributed by atoms with Gasteiger partial charge in [-0.05, 0) is 38.1 Å². The molecule has 0 aliphatic heterocycles. The van der Waals surface area contributed by atoms with Crippen molar-refractivity contribution in [3.8, 4) is 11.5 Å². The van der Waals surface area contributed by atoms with Crippen LogP contribution < -0.4 is 14.8 Å². The Bertz CT molecular complexity index is 1240. The molecular formula is C22H22ClN5O4. The van der Waals surface area contributed by atoms with E-state index >= 15 is 0 Å². The Balaban J connectivity index is 1.42. The highest BCUT2D eigenvalue weighted by atomic mass is 35.5. The van der Waals surface area contributed by atoms with Gasteiger partial charge in [0.05, 0.1) is 35.4 Å². The molecule has 0 radical (unpaired) electrons. The van der Waals surface area contributed by atoms with Gasteiger partial charge >= 0.3 is 0 Å². The number of rotatable bonds is 8. The number of methoxy groups -OCH3 is 1. The van der Waals surface area contributed by atoms with Crippen LogP contribution in [0.3, 0.4) is 0 Å². The highest BCUT2D eigenvalue weighted by Crippen LogP contribution is 2.27. The van der Waals surface area contributed by atoms with Gasteiger partial charge in [-0.15, -0.1) is 0 Å². The van der Waals surface area contributed by atoms with Crippen LogP contribution in [0.1, 0.15) is 27.7 Å². The molecule has 10 heteroatoms. The molecule has 0 aliphatic rings. The lowest BCUT2D eigenvalue weighted by Crippen LogP contribution is -2.14. The van der Waals surface area contributed by atoms with Crippen LogP contribution in [-0.2, 0) is 13.3 Å². The van der Waals surface area contributed by atoms with Crippen molar-refractivity contribution in [1.82, 2.24) is 19.6 Å². The average molecular weight is 456 g/mol. The number of hydrogen-bond donors (Lipinski definition) is 1. The molecule has 0 bridgehead atoms. The number of aromatic nitrogens is 4. The number of benzene rings is 1. The molecule has 0 atom stereocenters. The summed E-state index contributed by atoms with van der Waals surface area (Å²) in [5, 5.41) is 12.1. The van der Waals surface area contributed by atoms with Crippen molar-refractivity contribution in [2.75, 3.05) is 12.4 Å². The quantitative estimate of drug-likeness (QED) is 0.425. The van der Waals surface area contributed by atoms with Crippen LogP contribution in [0.5, 0.6) is 11.5 Å². The first kappa shape index (κ1) is 21.5. The van der Waals surface area contributed by atoms with Crippen LogP contribution in [0.25, 0.3) is 0 Å². The molecule has 4 aromatic rings. The summed E-state index contributed by atoms with van der Waals surface area (Å²) in [6.07, 6.45) is 3.26. The van der Waals surface area contributed by atoms with E-state index in [4.69, 9.17) is 25.5 Å². The maximum atomic E-state index is 12.7. The van der Waals surface area contributed by atoms with Crippen molar-refractivity contribution in [2.24, 2.45) is 0 Å². The minimum atomic E-state index is -0.374. The highest BCUT2D eigenvalue weighted by molar-refractivity contribution is 6.30. The summed E-state index contributed by atoms with van der Waals surface area (Å²) in [6.45, 7) is 4.23. The van der Waals surface area contributed by atoms with E-state index in [1.165, 1.54) is 0 Å². The zero-order valence-electron chi connectivity index (χ0n) is 17.8. The molecule has 3 aromatic heterocycles. The highest BCUT2D eigenvalue weighted by Gasteiger charge is 2.18. The molecule has 0 unspecified atom stereocenters. The van der Waals surface area contributed by atoms with Crippen molar-refractivity contribution >= 4 is 23.2 Å². The van der Waals surface area contributed by atoms with E-state index in [1.807, 2.05) is 32.0 Å². The van der Waals surface area contributed by atoms with Crippen molar-refractivity contribution in [3.05, 3.63) is 76.7 Å². The molecular weight excluding hydrogens is 434 g/mol. The van der Waals surface area contributed by atoms with Crippen LogP contribution in [0.4, 0.5) is 5.69 Å². The van der Waals surface area contributed by atoms with E-state index in [9.17, 15) is 4.79 Å². The third-order valence-corrected chi connectivity index (χ3v) is 5.02. The van der Waals surface area contributed by atoms with Gasteiger partial charge in [-0.25, -0.2) is 9.36 Å². The van der Waals surface area contributed by atoms with Gasteiger partial charge in [0.15, 0.2) is 17.3 Å². The summed E-state index contributed by atoms with van der Waals surface area (Å²) in [4.78, 5) is 12.7. The topological polar surface area (TPSA) is 96.3 Å². The smallest absolute Gasteiger partial charge is 0.291 e. The number of ether oxygens (including phenoxy) is 2. The number of furan rings is 1. The third kappa shape index (κ3) is 4.62. The average Bonchev–Trinajstić information content (AvgIpc) is 3.49. The Morgan fingerprint density at radius 2 is 1.97 bits per heavy atom. The van der Waals surface area contributed by atoms with Crippen LogP contribution in [0, 0.1) is 13.8 Å². The summed E-state index contributed by atoms with van der Waals surface area (Å²) in [7, 11) is 1.58. The minimum absolute atomic E-state index is 0.163. The van der Waals surface area contributed by atoms with Gasteiger partial charge in [0.25, 0.3) is 5.91 Å². The Labute approximate surface area is 189 Å². The lowest BCUT2D eigenvalue weighted by Gasteiger charge is -2.09. The third-order valence-electron chi connectivity index (χ3n) is 4.83. The second kappa shape index (κ2) is 9.19. The van der Waals surface area contributed by atoms with Crippen LogP contribution in [-0.4, -0.2) is 32.6 Å². The Morgan fingerprint density at radius 1 is 1.19 bits per heavy atom. The largest absolute Gasteiger partial charge is 0.493 e. The first-order chi connectivity index (χ1) is 15.4. The molecule has 0 fully saturated rings. The fourth-order valence-corrected chi connectivity index (χ4v) is 3.36. The van der Waals surface area contributed by atoms with Gasteiger partial charge in [-0.3, -0.25) is 4.79 Å². The molecule has 0 aliphatic carbocycles. The lowest BCUT2D eigenvalue weighted by atomic mass is 10.3.